The van der Waals surface area contributed by atoms with E-state index in [4.69, 9.17) is 4.74 Å². The number of benzene rings is 2. The second kappa shape index (κ2) is 9.09. The van der Waals surface area contributed by atoms with Crippen LogP contribution in [0.2, 0.25) is 0 Å². The molecule has 7 nitrogen and oxygen atoms in total. The Morgan fingerprint density at radius 1 is 1.10 bits per heavy atom. The Hall–Kier alpha value is -3.53. The molecule has 4 aromatic rings. The molecule has 2 aromatic carbocycles. The van der Waals surface area contributed by atoms with Crippen molar-refractivity contribution < 1.29 is 18.3 Å². The third kappa shape index (κ3) is 4.80. The van der Waals surface area contributed by atoms with Crippen LogP contribution in [-0.4, -0.2) is 38.1 Å². The highest BCUT2D eigenvalue weighted by Crippen LogP contribution is 2.23. The normalized spacial score (nSPS) is 10.9. The number of ether oxygens (including phenoxy) is 1. The van der Waals surface area contributed by atoms with E-state index in [9.17, 15) is 13.6 Å². The Kier molecular flexibility index (Phi) is 6.08. The number of halogens is 2. The van der Waals surface area contributed by atoms with Crippen LogP contribution in [0.25, 0.3) is 17.0 Å². The molecule has 0 aliphatic rings. The van der Waals surface area contributed by atoms with Gasteiger partial charge >= 0.3 is 0 Å². The number of hydrogen-bond donors (Lipinski definition) is 1. The maximum Gasteiger partial charge on any atom is 0.234 e. The van der Waals surface area contributed by atoms with E-state index in [0.717, 1.165) is 17.4 Å². The fraction of sp³-hybridized carbons (Fsp3) is 0.143. The van der Waals surface area contributed by atoms with Crippen molar-refractivity contribution in [2.24, 2.45) is 0 Å². The second-order valence-corrected chi connectivity index (χ2v) is 7.38. The maximum absolute atomic E-state index is 13.7. The third-order valence-corrected chi connectivity index (χ3v) is 5.14. The van der Waals surface area contributed by atoms with E-state index >= 15 is 0 Å². The molecule has 0 unspecified atom stereocenters. The summed E-state index contributed by atoms with van der Waals surface area (Å²) >= 11 is 1.17. The summed E-state index contributed by atoms with van der Waals surface area (Å²) in [5.74, 6) is -0.670. The molecule has 1 amide bonds. The van der Waals surface area contributed by atoms with Gasteiger partial charge in [0.15, 0.2) is 11.5 Å². The van der Waals surface area contributed by atoms with E-state index in [1.54, 1.807) is 16.6 Å². The molecule has 1 N–H and O–H groups in total. The number of anilines is 1. The molecule has 4 rings (SSSR count). The average molecular weight is 441 g/mol. The highest BCUT2D eigenvalue weighted by Gasteiger charge is 2.13. The summed E-state index contributed by atoms with van der Waals surface area (Å²) in [4.78, 5) is 12.1. The maximum atomic E-state index is 13.7. The van der Waals surface area contributed by atoms with Gasteiger partial charge in [0, 0.05) is 11.6 Å². The molecule has 158 valence electrons. The van der Waals surface area contributed by atoms with Gasteiger partial charge in [0.05, 0.1) is 18.0 Å². The second-order valence-electron chi connectivity index (χ2n) is 6.38. The zero-order valence-electron chi connectivity index (χ0n) is 16.4. The number of carbonyl (C=O) groups excluding carboxylic acids is 1. The molecule has 31 heavy (non-hydrogen) atoms. The summed E-state index contributed by atoms with van der Waals surface area (Å²) in [6.45, 7) is 2.50. The van der Waals surface area contributed by atoms with Crippen molar-refractivity contribution in [2.75, 3.05) is 17.7 Å². The van der Waals surface area contributed by atoms with Gasteiger partial charge < -0.3 is 10.1 Å². The minimum Gasteiger partial charge on any atom is -0.494 e. The SMILES string of the molecule is CCOc1ccc(-c2nnc3ccc(SCC(=O)Nc4ccc(F)cc4F)nn23)cc1. The quantitative estimate of drug-likeness (QED) is 0.433. The molecular formula is C21H17F2N5O2S. The molecule has 10 heteroatoms. The van der Waals surface area contributed by atoms with Crippen LogP contribution in [0.4, 0.5) is 14.5 Å². The van der Waals surface area contributed by atoms with Crippen LogP contribution in [0.1, 0.15) is 6.92 Å². The van der Waals surface area contributed by atoms with E-state index in [0.29, 0.717) is 29.2 Å². The first kappa shape index (κ1) is 20.7. The van der Waals surface area contributed by atoms with Gasteiger partial charge in [-0.05, 0) is 55.5 Å². The minimum atomic E-state index is -0.831. The predicted octanol–water partition coefficient (Wildman–Crippen LogP) is 4.20. The van der Waals surface area contributed by atoms with Crippen molar-refractivity contribution in [1.29, 1.82) is 0 Å². The molecule has 0 radical (unpaired) electrons. The van der Waals surface area contributed by atoms with Gasteiger partial charge in [0.1, 0.15) is 22.4 Å². The lowest BCUT2D eigenvalue weighted by Crippen LogP contribution is -2.15. The number of nitrogens with zero attached hydrogens (tertiary/aromatic N) is 4. The first-order valence-corrected chi connectivity index (χ1v) is 10.4. The van der Waals surface area contributed by atoms with Crippen molar-refractivity contribution >= 4 is 29.0 Å². The van der Waals surface area contributed by atoms with E-state index in [2.05, 4.69) is 20.6 Å². The average Bonchev–Trinajstić information content (AvgIpc) is 3.18. The summed E-state index contributed by atoms with van der Waals surface area (Å²) < 4.78 is 33.7. The van der Waals surface area contributed by atoms with Crippen LogP contribution in [0.3, 0.4) is 0 Å². The zero-order valence-corrected chi connectivity index (χ0v) is 17.2. The Morgan fingerprint density at radius 3 is 2.65 bits per heavy atom. The standard InChI is InChI=1S/C21H17F2N5O2S/c1-2-30-15-6-3-13(4-7-15)21-26-25-18-9-10-20(27-28(18)21)31-12-19(29)24-17-8-5-14(22)11-16(17)23/h3-11H,2,12H2,1H3,(H,24,29). The van der Waals surface area contributed by atoms with E-state index < -0.39 is 17.5 Å². The van der Waals surface area contributed by atoms with Gasteiger partial charge in [-0.3, -0.25) is 4.79 Å². The first-order valence-electron chi connectivity index (χ1n) is 9.37. The summed E-state index contributed by atoms with van der Waals surface area (Å²) in [7, 11) is 0. The Bertz CT molecular complexity index is 1230. The van der Waals surface area contributed by atoms with Gasteiger partial charge in [-0.1, -0.05) is 11.8 Å². The number of hydrogen-bond acceptors (Lipinski definition) is 6. The molecule has 2 heterocycles. The van der Waals surface area contributed by atoms with Crippen molar-refractivity contribution in [3.8, 4) is 17.1 Å². The smallest absolute Gasteiger partial charge is 0.234 e. The number of fused-ring (bicyclic) bond motifs is 1. The summed E-state index contributed by atoms with van der Waals surface area (Å²) in [6.07, 6.45) is 0. The molecule has 0 saturated carbocycles. The van der Waals surface area contributed by atoms with Crippen LogP contribution < -0.4 is 10.1 Å². The Morgan fingerprint density at radius 2 is 1.90 bits per heavy atom. The summed E-state index contributed by atoms with van der Waals surface area (Å²) in [5.41, 5.74) is 1.30. The lowest BCUT2D eigenvalue weighted by molar-refractivity contribution is -0.113. The van der Waals surface area contributed by atoms with Crippen molar-refractivity contribution in [1.82, 2.24) is 19.8 Å². The van der Waals surface area contributed by atoms with Crippen molar-refractivity contribution in [2.45, 2.75) is 11.9 Å². The van der Waals surface area contributed by atoms with E-state index in [1.807, 2.05) is 31.2 Å². The zero-order chi connectivity index (χ0) is 21.8. The fourth-order valence-electron chi connectivity index (χ4n) is 2.81. The number of amides is 1. The minimum absolute atomic E-state index is 0.00413. The fourth-order valence-corrected chi connectivity index (χ4v) is 3.47. The van der Waals surface area contributed by atoms with Gasteiger partial charge in [-0.2, -0.15) is 9.61 Å². The first-order chi connectivity index (χ1) is 15.0. The Labute approximate surface area is 180 Å². The van der Waals surface area contributed by atoms with Crippen molar-refractivity contribution in [3.63, 3.8) is 0 Å². The van der Waals surface area contributed by atoms with Gasteiger partial charge in [-0.15, -0.1) is 10.2 Å². The number of thioether (sulfide) groups is 1. The lowest BCUT2D eigenvalue weighted by Gasteiger charge is -2.07. The molecule has 0 fully saturated rings. The molecule has 0 saturated heterocycles. The summed E-state index contributed by atoms with van der Waals surface area (Å²) in [6, 6.07) is 13.9. The monoisotopic (exact) mass is 441 g/mol. The Balaban J connectivity index is 1.47. The lowest BCUT2D eigenvalue weighted by atomic mass is 10.2. The highest BCUT2D eigenvalue weighted by atomic mass is 32.2. The molecule has 0 spiro atoms. The van der Waals surface area contributed by atoms with Gasteiger partial charge in [0.25, 0.3) is 0 Å². The topological polar surface area (TPSA) is 81.4 Å². The van der Waals surface area contributed by atoms with E-state index in [-0.39, 0.29) is 11.4 Å². The largest absolute Gasteiger partial charge is 0.494 e. The van der Waals surface area contributed by atoms with Crippen LogP contribution in [0, 0.1) is 11.6 Å². The predicted molar refractivity (Wildman–Crippen MR) is 113 cm³/mol. The molecule has 2 aromatic heterocycles. The van der Waals surface area contributed by atoms with E-state index in [1.165, 1.54) is 17.8 Å². The van der Waals surface area contributed by atoms with Crippen LogP contribution in [0.5, 0.6) is 5.75 Å². The van der Waals surface area contributed by atoms with Gasteiger partial charge in [-0.25, -0.2) is 8.78 Å². The number of nitrogens with one attached hydrogen (secondary N) is 1. The van der Waals surface area contributed by atoms with Crippen LogP contribution in [-0.2, 0) is 4.79 Å². The molecular weight excluding hydrogens is 424 g/mol. The third-order valence-electron chi connectivity index (χ3n) is 4.22. The number of carbonyl (C=O) groups is 1. The van der Waals surface area contributed by atoms with Crippen LogP contribution >= 0.6 is 11.8 Å². The summed E-state index contributed by atoms with van der Waals surface area (Å²) in [5, 5.41) is 15.8. The van der Waals surface area contributed by atoms with Crippen LogP contribution in [0.15, 0.2) is 59.6 Å². The molecule has 0 aliphatic heterocycles. The van der Waals surface area contributed by atoms with Crippen molar-refractivity contribution in [3.05, 3.63) is 66.2 Å². The molecule has 0 bridgehead atoms. The number of aromatic nitrogens is 4. The number of rotatable bonds is 7. The molecule has 0 atom stereocenters. The molecule has 0 aliphatic carbocycles. The highest BCUT2D eigenvalue weighted by molar-refractivity contribution is 7.99. The van der Waals surface area contributed by atoms with Gasteiger partial charge in [0.2, 0.25) is 5.91 Å².